The number of hydrogen-bond acceptors (Lipinski definition) is 2. The Balaban J connectivity index is -0.00000000838. The summed E-state index contributed by atoms with van der Waals surface area (Å²) in [5, 5.41) is 1.69. The largest absolute Gasteiger partial charge is 1.00 e. The average Bonchev–Trinajstić information content (AvgIpc) is 2.12. The van der Waals surface area contributed by atoms with Gasteiger partial charge < -0.3 is 26.6 Å². The molecule has 0 fully saturated rings. The monoisotopic (exact) mass is 731 g/mol. The van der Waals surface area contributed by atoms with Crippen LogP contribution in [0, 0.1) is 28.9 Å². The zero-order valence-corrected chi connectivity index (χ0v) is 31.6. The molecule has 6 heteroatoms. The third kappa shape index (κ3) is 84.8. The molecule has 0 aliphatic carbocycles. The standard InChI is InChI=1S/C5H12NO.C2H6.C2H5.2CH3.2Rb.Rf.Rh/c1-4-5-6(2)7-3;2*1-2;;;;;;/h3-5H2,1-2H3;1-2H3;1H2,2H3;2*1H3;;;;/q-1;;3*-1;2*+1;;. The summed E-state index contributed by atoms with van der Waals surface area (Å²) in [6, 6.07) is 0. The van der Waals surface area contributed by atoms with Crippen molar-refractivity contribution in [1.82, 2.24) is 5.06 Å². The maximum absolute atomic E-state index is 4.57. The maximum Gasteiger partial charge on any atom is 1.00 e. The number of hydrogen-bond donors (Lipinski definition) is 0. The third-order valence-electron chi connectivity index (χ3n) is 0.759. The molecule has 0 atom stereocenters. The summed E-state index contributed by atoms with van der Waals surface area (Å²) >= 11 is 0. The van der Waals surface area contributed by atoms with Crippen molar-refractivity contribution in [2.45, 2.75) is 34.1 Å². The number of rotatable bonds is 3. The van der Waals surface area contributed by atoms with Crippen molar-refractivity contribution in [3.8, 4) is 0 Å². The molecule has 0 aliphatic heterocycles. The Kier molecular flexibility index (Phi) is 263. The minimum absolute atomic E-state index is 0. The Hall–Kier alpha value is 3.15. The van der Waals surface area contributed by atoms with E-state index in [0.717, 1.165) is 13.0 Å². The zero-order valence-electron chi connectivity index (χ0n) is 13.7. The van der Waals surface area contributed by atoms with Crippen LogP contribution in [0.2, 0.25) is 0 Å². The molecule has 17 heavy (non-hydrogen) atoms. The predicted octanol–water partition coefficient (Wildman–Crippen LogP) is -2.18. The van der Waals surface area contributed by atoms with E-state index in [1.54, 1.807) is 12.0 Å². The quantitative estimate of drug-likeness (QED) is 0.186. The van der Waals surface area contributed by atoms with Gasteiger partial charge in [0.25, 0.3) is 0 Å². The van der Waals surface area contributed by atoms with Crippen molar-refractivity contribution in [2.75, 3.05) is 13.6 Å². The van der Waals surface area contributed by atoms with Gasteiger partial charge in [-0.3, -0.25) is 0 Å². The van der Waals surface area contributed by atoms with Crippen LogP contribution in [0.15, 0.2) is 0 Å². The summed E-state index contributed by atoms with van der Waals surface area (Å²) in [5.74, 6) is 0. The Bertz CT molecular complexity index is 60.5. The van der Waals surface area contributed by atoms with E-state index in [2.05, 4.69) is 25.8 Å². The topological polar surface area (TPSA) is 12.5 Å². The van der Waals surface area contributed by atoms with Crippen molar-refractivity contribution < 1.29 is 141 Å². The van der Waals surface area contributed by atoms with Gasteiger partial charge in [0.05, 0.1) is 0 Å². The van der Waals surface area contributed by atoms with Crippen LogP contribution in [0.5, 0.6) is 0 Å². The first kappa shape index (κ1) is 59.4. The molecule has 0 bridgehead atoms. The molecule has 99 valence electrons. The van der Waals surface area contributed by atoms with Gasteiger partial charge in [0.15, 0.2) is 0 Å². The van der Waals surface area contributed by atoms with Crippen LogP contribution < -0.4 is 116 Å². The van der Waals surface area contributed by atoms with E-state index < -0.39 is 0 Å². The molecular formula is C11H29NORb2RfRh-2. The Morgan fingerprint density at radius 3 is 1.35 bits per heavy atom. The summed E-state index contributed by atoms with van der Waals surface area (Å²) in [6.07, 6.45) is 1.10. The van der Waals surface area contributed by atoms with Gasteiger partial charge in [-0.25, -0.2) is 12.2 Å². The summed E-state index contributed by atoms with van der Waals surface area (Å²) in [4.78, 5) is 4.57. The van der Waals surface area contributed by atoms with E-state index in [4.69, 9.17) is 0 Å². The molecule has 0 amide bonds. The minimum Gasteiger partial charge on any atom is -0.476 e. The first-order valence-corrected chi connectivity index (χ1v) is 4.15. The molecule has 0 N–H and O–H groups in total. The van der Waals surface area contributed by atoms with Crippen LogP contribution in [0.3, 0.4) is 0 Å². The molecule has 2 nitrogen and oxygen atoms in total. The van der Waals surface area contributed by atoms with E-state index in [1.165, 1.54) is 0 Å². The SMILES string of the molecule is CC.[CH2-]C.[CH2-]ON(C)CCC.[CH3-].[CH3-].[Rb+].[Rb+].[Rf].[Rh]. The molecule has 0 saturated heterocycles. The van der Waals surface area contributed by atoms with Crippen molar-refractivity contribution in [3.63, 3.8) is 0 Å². The maximum atomic E-state index is 4.57. The zero-order chi connectivity index (χ0) is 9.70. The molecule has 0 spiro atoms. The van der Waals surface area contributed by atoms with Crippen molar-refractivity contribution in [1.29, 1.82) is 0 Å². The fourth-order valence-corrected chi connectivity index (χ4v) is 0.379. The molecule has 1 radical (unpaired) electrons. The van der Waals surface area contributed by atoms with Crippen LogP contribution in [0.25, 0.3) is 0 Å². The average molecular weight is 732 g/mol. The number of hydroxylamine groups is 2. The Morgan fingerprint density at radius 2 is 1.29 bits per heavy atom. The van der Waals surface area contributed by atoms with Gasteiger partial charge in [-0.05, 0) is 6.42 Å². The van der Waals surface area contributed by atoms with Gasteiger partial charge in [0, 0.05) is 33.1 Å². The molecule has 0 rings (SSSR count). The number of nitrogens with zero attached hydrogens (tertiary/aromatic N) is 1. The second-order valence-electron chi connectivity index (χ2n) is 1.48. The molecule has 0 aromatic rings. The minimum atomic E-state index is 0. The van der Waals surface area contributed by atoms with Crippen LogP contribution in [0.1, 0.15) is 34.1 Å². The Labute approximate surface area is 217 Å². The van der Waals surface area contributed by atoms with Crippen LogP contribution >= 0.6 is 0 Å². The van der Waals surface area contributed by atoms with Gasteiger partial charge in [-0.15, -0.1) is 0 Å². The summed E-state index contributed by atoms with van der Waals surface area (Å²) in [5.41, 5.74) is 0. The Morgan fingerprint density at radius 1 is 1.06 bits per heavy atom. The van der Waals surface area contributed by atoms with Crippen LogP contribution in [-0.2, 0) is 24.3 Å². The second kappa shape index (κ2) is 75.3. The molecule has 0 aromatic carbocycles. The third-order valence-corrected chi connectivity index (χ3v) is 0.759. The van der Waals surface area contributed by atoms with Gasteiger partial charge in [-0.1, -0.05) is 20.8 Å². The van der Waals surface area contributed by atoms with Crippen LogP contribution in [-0.4, -0.2) is 18.7 Å². The predicted molar refractivity (Wildman–Crippen MR) is 64.6 cm³/mol. The summed E-state index contributed by atoms with van der Waals surface area (Å²) in [6.45, 7) is 12.0. The summed E-state index contributed by atoms with van der Waals surface area (Å²) in [7, 11) is 5.09. The van der Waals surface area contributed by atoms with Crippen molar-refractivity contribution in [3.05, 3.63) is 28.9 Å². The first-order valence-electron chi connectivity index (χ1n) is 4.15. The van der Waals surface area contributed by atoms with Gasteiger partial charge in [-0.2, -0.15) is 6.92 Å². The first-order chi connectivity index (χ1) is 5.31. The van der Waals surface area contributed by atoms with E-state index in [9.17, 15) is 0 Å². The second-order valence-corrected chi connectivity index (χ2v) is 1.48. The van der Waals surface area contributed by atoms with Crippen molar-refractivity contribution in [2.24, 2.45) is 0 Å². The normalized spacial score (nSPS) is 4.94. The molecule has 0 aliphatic rings. The van der Waals surface area contributed by atoms with Gasteiger partial charge in [0.1, 0.15) is 0 Å². The van der Waals surface area contributed by atoms with E-state index >= 15 is 0 Å². The molecule has 0 unspecified atom stereocenters. The fraction of sp³-hybridized carbons (Fsp3) is 0.636. The van der Waals surface area contributed by atoms with Gasteiger partial charge >= 0.3 is 116 Å². The summed E-state index contributed by atoms with van der Waals surface area (Å²) < 4.78 is 0. The molecular weight excluding hydrogens is 703 g/mol. The molecule has 0 saturated carbocycles. The smallest absolute Gasteiger partial charge is 0.476 e. The van der Waals surface area contributed by atoms with Crippen LogP contribution in [0.4, 0.5) is 0 Å². The van der Waals surface area contributed by atoms with E-state index in [0.29, 0.717) is 0 Å². The van der Waals surface area contributed by atoms with E-state index in [1.807, 2.05) is 20.9 Å². The molecule has 0 aromatic heterocycles. The van der Waals surface area contributed by atoms with Crippen molar-refractivity contribution >= 4 is 0 Å². The van der Waals surface area contributed by atoms with E-state index in [-0.39, 0.29) is 151 Å². The van der Waals surface area contributed by atoms with Gasteiger partial charge in [0.2, 0.25) is 0 Å². The molecule has 0 heterocycles. The fourth-order valence-electron chi connectivity index (χ4n) is 0.379.